The van der Waals surface area contributed by atoms with Gasteiger partial charge in [-0.3, -0.25) is 14.9 Å². The first kappa shape index (κ1) is 21.0. The third-order valence-electron chi connectivity index (χ3n) is 5.48. The summed E-state index contributed by atoms with van der Waals surface area (Å²) in [5, 5.41) is 12.5. The third kappa shape index (κ3) is 3.90. The number of benzene rings is 2. The topological polar surface area (TPSA) is 84.4 Å². The van der Waals surface area contributed by atoms with E-state index in [1.54, 1.807) is 25.1 Å². The highest BCUT2D eigenvalue weighted by Crippen LogP contribution is 2.43. The maximum Gasteiger partial charge on any atom is 0.254 e. The average molecular weight is 437 g/mol. The lowest BCUT2D eigenvalue weighted by molar-refractivity contribution is -0.119. The molecule has 3 aromatic rings. The van der Waals surface area contributed by atoms with Crippen molar-refractivity contribution in [2.24, 2.45) is 0 Å². The second-order valence-electron chi connectivity index (χ2n) is 7.79. The van der Waals surface area contributed by atoms with E-state index in [2.05, 4.69) is 15.5 Å². The summed E-state index contributed by atoms with van der Waals surface area (Å²) in [5.74, 6) is 0.00984. The number of carbonyl (C=O) groups is 2. The molecule has 0 unspecified atom stereocenters. The first-order chi connectivity index (χ1) is 14.9. The van der Waals surface area contributed by atoms with Crippen LogP contribution in [-0.2, 0) is 4.79 Å². The monoisotopic (exact) mass is 436 g/mol. The first-order valence-corrected chi connectivity index (χ1v) is 10.9. The van der Waals surface area contributed by atoms with Crippen LogP contribution in [0.1, 0.15) is 58.2 Å². The van der Waals surface area contributed by atoms with Crippen molar-refractivity contribution in [3.63, 3.8) is 0 Å². The number of likely N-dealkylation sites (N-methyl/N-ethyl adjacent to an activating group) is 1. The van der Waals surface area contributed by atoms with E-state index in [-0.39, 0.29) is 17.7 Å². The van der Waals surface area contributed by atoms with Gasteiger partial charge in [0.2, 0.25) is 11.0 Å². The summed E-state index contributed by atoms with van der Waals surface area (Å²) in [6, 6.07) is 14.3. The number of nitrogens with one attached hydrogen (secondary N) is 1. The van der Waals surface area contributed by atoms with Crippen LogP contribution in [0.5, 0.6) is 5.75 Å². The average Bonchev–Trinajstić information content (AvgIpc) is 3.25. The maximum atomic E-state index is 13.5. The Morgan fingerprint density at radius 1 is 1.13 bits per heavy atom. The van der Waals surface area contributed by atoms with E-state index < -0.39 is 12.0 Å². The van der Waals surface area contributed by atoms with E-state index in [0.29, 0.717) is 22.0 Å². The fraction of sp³-hybridized carbons (Fsp3) is 0.304. The predicted molar refractivity (Wildman–Crippen MR) is 120 cm³/mol. The van der Waals surface area contributed by atoms with Crippen molar-refractivity contribution >= 4 is 28.3 Å². The van der Waals surface area contributed by atoms with Crippen LogP contribution >= 0.6 is 11.3 Å². The van der Waals surface area contributed by atoms with Gasteiger partial charge in [-0.2, -0.15) is 0 Å². The van der Waals surface area contributed by atoms with E-state index in [9.17, 15) is 9.59 Å². The van der Waals surface area contributed by atoms with Crippen LogP contribution in [0.4, 0.5) is 5.13 Å². The van der Waals surface area contributed by atoms with Crippen molar-refractivity contribution in [1.82, 2.24) is 15.1 Å². The van der Waals surface area contributed by atoms with Crippen molar-refractivity contribution in [2.45, 2.75) is 31.7 Å². The predicted octanol–water partition coefficient (Wildman–Crippen LogP) is 4.22. The number of nitrogens with zero attached hydrogens (tertiary/aromatic N) is 3. The SMILES string of the molecule is COc1ccc([C@H]2[C@H](C(=O)Nc3nnc(C(C)C)s3)c3ccccc3C(=O)N2C)cc1. The van der Waals surface area contributed by atoms with E-state index >= 15 is 0 Å². The summed E-state index contributed by atoms with van der Waals surface area (Å²) in [6.45, 7) is 4.06. The normalized spacial score (nSPS) is 18.1. The Morgan fingerprint density at radius 3 is 2.48 bits per heavy atom. The number of fused-ring (bicyclic) bond motifs is 1. The molecular formula is C23H24N4O3S. The molecule has 2 amide bonds. The number of hydrogen-bond donors (Lipinski definition) is 1. The number of methoxy groups -OCH3 is 1. The smallest absolute Gasteiger partial charge is 0.254 e. The lowest BCUT2D eigenvalue weighted by Crippen LogP contribution is -2.44. The van der Waals surface area contributed by atoms with Crippen LogP contribution in [0.2, 0.25) is 0 Å². The fourth-order valence-corrected chi connectivity index (χ4v) is 4.63. The van der Waals surface area contributed by atoms with Crippen molar-refractivity contribution in [3.05, 3.63) is 70.2 Å². The molecule has 0 saturated heterocycles. The van der Waals surface area contributed by atoms with Gasteiger partial charge in [0.15, 0.2) is 0 Å². The van der Waals surface area contributed by atoms with E-state index in [4.69, 9.17) is 4.74 Å². The Balaban J connectivity index is 1.76. The summed E-state index contributed by atoms with van der Waals surface area (Å²) < 4.78 is 5.26. The molecule has 1 aromatic heterocycles. The zero-order valence-corrected chi connectivity index (χ0v) is 18.6. The van der Waals surface area contributed by atoms with Crippen molar-refractivity contribution in [3.8, 4) is 5.75 Å². The van der Waals surface area contributed by atoms with Gasteiger partial charge >= 0.3 is 0 Å². The summed E-state index contributed by atoms with van der Waals surface area (Å²) in [7, 11) is 3.33. The first-order valence-electron chi connectivity index (χ1n) is 10.0. The van der Waals surface area contributed by atoms with Crippen LogP contribution in [0.15, 0.2) is 48.5 Å². The molecular weight excluding hydrogens is 412 g/mol. The standard InChI is InChI=1S/C23H24N4O3S/c1-13(2)21-25-26-23(31-21)24-20(28)18-16-7-5-6-8-17(16)22(29)27(3)19(18)14-9-11-15(30-4)12-10-14/h5-13,18-19H,1-4H3,(H,24,26,28)/t18-,19+/m1/s1. The molecule has 4 rings (SSSR count). The maximum absolute atomic E-state index is 13.5. The fourth-order valence-electron chi connectivity index (χ4n) is 3.88. The van der Waals surface area contributed by atoms with Gasteiger partial charge in [-0.25, -0.2) is 0 Å². The summed E-state index contributed by atoms with van der Waals surface area (Å²) >= 11 is 1.37. The summed E-state index contributed by atoms with van der Waals surface area (Å²) in [5.41, 5.74) is 2.10. The second kappa shape index (κ2) is 8.47. The number of aromatic nitrogens is 2. The van der Waals surface area contributed by atoms with Gasteiger partial charge in [0, 0.05) is 18.5 Å². The lowest BCUT2D eigenvalue weighted by Gasteiger charge is -2.39. The van der Waals surface area contributed by atoms with Crippen LogP contribution in [0, 0.1) is 0 Å². The number of carbonyl (C=O) groups excluding carboxylic acids is 2. The molecule has 1 aliphatic rings. The van der Waals surface area contributed by atoms with Gasteiger partial charge in [0.1, 0.15) is 10.8 Å². The molecule has 31 heavy (non-hydrogen) atoms. The van der Waals surface area contributed by atoms with Crippen LogP contribution in [-0.4, -0.2) is 41.1 Å². The Morgan fingerprint density at radius 2 is 1.84 bits per heavy atom. The number of amides is 2. The Labute approximate surface area is 185 Å². The molecule has 2 aromatic carbocycles. The molecule has 8 heteroatoms. The molecule has 2 heterocycles. The molecule has 0 bridgehead atoms. The number of ether oxygens (including phenoxy) is 1. The highest BCUT2D eigenvalue weighted by molar-refractivity contribution is 7.15. The number of hydrogen-bond acceptors (Lipinski definition) is 6. The van der Waals surface area contributed by atoms with Gasteiger partial charge < -0.3 is 9.64 Å². The Kier molecular flexibility index (Phi) is 5.73. The van der Waals surface area contributed by atoms with E-state index in [1.165, 1.54) is 11.3 Å². The van der Waals surface area contributed by atoms with Crippen LogP contribution < -0.4 is 10.1 Å². The summed E-state index contributed by atoms with van der Waals surface area (Å²) in [4.78, 5) is 28.2. The van der Waals surface area contributed by atoms with Gasteiger partial charge in [-0.05, 0) is 29.3 Å². The minimum atomic E-state index is -0.598. The zero-order valence-electron chi connectivity index (χ0n) is 17.8. The third-order valence-corrected chi connectivity index (χ3v) is 6.62. The lowest BCUT2D eigenvalue weighted by atomic mass is 9.79. The van der Waals surface area contributed by atoms with Crippen LogP contribution in [0.3, 0.4) is 0 Å². The minimum Gasteiger partial charge on any atom is -0.497 e. The quantitative estimate of drug-likeness (QED) is 0.647. The Bertz CT molecular complexity index is 1110. The molecule has 7 nitrogen and oxygen atoms in total. The molecule has 0 saturated carbocycles. The van der Waals surface area contributed by atoms with Gasteiger partial charge in [-0.1, -0.05) is 55.5 Å². The highest BCUT2D eigenvalue weighted by atomic mass is 32.1. The van der Waals surface area contributed by atoms with Gasteiger partial charge in [0.05, 0.1) is 19.1 Å². The Hall–Kier alpha value is -3.26. The molecule has 1 aliphatic heterocycles. The molecule has 0 fully saturated rings. The van der Waals surface area contributed by atoms with Crippen molar-refractivity contribution < 1.29 is 14.3 Å². The molecule has 160 valence electrons. The molecule has 0 aliphatic carbocycles. The molecule has 0 radical (unpaired) electrons. The number of rotatable bonds is 5. The molecule has 2 atom stereocenters. The van der Waals surface area contributed by atoms with Gasteiger partial charge in [0.25, 0.3) is 5.91 Å². The molecule has 0 spiro atoms. The van der Waals surface area contributed by atoms with Gasteiger partial charge in [-0.15, -0.1) is 10.2 Å². The van der Waals surface area contributed by atoms with E-state index in [1.807, 2.05) is 56.3 Å². The largest absolute Gasteiger partial charge is 0.497 e. The summed E-state index contributed by atoms with van der Waals surface area (Å²) in [6.07, 6.45) is 0. The molecule has 1 N–H and O–H groups in total. The zero-order chi connectivity index (χ0) is 22.1. The minimum absolute atomic E-state index is 0.113. The van der Waals surface area contributed by atoms with E-state index in [0.717, 1.165) is 10.6 Å². The van der Waals surface area contributed by atoms with Crippen molar-refractivity contribution in [2.75, 3.05) is 19.5 Å². The van der Waals surface area contributed by atoms with Crippen LogP contribution in [0.25, 0.3) is 0 Å². The second-order valence-corrected chi connectivity index (χ2v) is 8.80. The number of anilines is 1. The highest BCUT2D eigenvalue weighted by Gasteiger charge is 2.42. The van der Waals surface area contributed by atoms with Crippen molar-refractivity contribution in [1.29, 1.82) is 0 Å².